The average Bonchev–Trinajstić information content (AvgIpc) is 2.93. The van der Waals surface area contributed by atoms with Crippen molar-refractivity contribution in [2.24, 2.45) is 17.4 Å². The second kappa shape index (κ2) is 4.37. The molecule has 5 atom stereocenters. The Balaban J connectivity index is 1.82. The molecule has 5 N–H and O–H groups in total. The topological polar surface area (TPSA) is 139 Å². The second-order valence-electron chi connectivity index (χ2n) is 6.71. The quantitative estimate of drug-likeness (QED) is 0.391. The molecule has 2 fully saturated rings. The molecule has 0 bridgehead atoms. The highest BCUT2D eigenvalue weighted by Gasteiger charge is 2.74. The van der Waals surface area contributed by atoms with Crippen molar-refractivity contribution in [2.75, 3.05) is 20.2 Å². The van der Waals surface area contributed by atoms with Crippen molar-refractivity contribution < 1.29 is 24.2 Å². The average molecular weight is 334 g/mol. The van der Waals surface area contributed by atoms with Gasteiger partial charge in [-0.1, -0.05) is 0 Å². The molecule has 0 aromatic rings. The van der Waals surface area contributed by atoms with E-state index in [-0.39, 0.29) is 47.0 Å². The number of carbonyl (C=O) groups excluding carboxylic acids is 3. The Morgan fingerprint density at radius 1 is 1.42 bits per heavy atom. The van der Waals surface area contributed by atoms with Gasteiger partial charge in [-0.25, -0.2) is 4.79 Å². The molecule has 0 spiro atoms. The van der Waals surface area contributed by atoms with Crippen LogP contribution in [0, 0.1) is 5.92 Å². The summed E-state index contributed by atoms with van der Waals surface area (Å²) in [5.74, 6) is -1.74. The monoisotopic (exact) mass is 334 g/mol. The molecule has 1 aliphatic carbocycles. The summed E-state index contributed by atoms with van der Waals surface area (Å²) in [4.78, 5) is 39.9. The molecule has 3 heterocycles. The van der Waals surface area contributed by atoms with E-state index in [9.17, 15) is 19.5 Å². The van der Waals surface area contributed by atoms with Gasteiger partial charge in [0.1, 0.15) is 6.61 Å². The molecular weight excluding hydrogens is 316 g/mol. The zero-order valence-electron chi connectivity index (χ0n) is 13.3. The van der Waals surface area contributed by atoms with Crippen LogP contribution in [0.1, 0.15) is 6.92 Å². The summed E-state index contributed by atoms with van der Waals surface area (Å²) in [7, 11) is 1.86. The van der Waals surface area contributed by atoms with Gasteiger partial charge in [-0.05, 0) is 14.0 Å². The Morgan fingerprint density at radius 2 is 2.08 bits per heavy atom. The normalized spacial score (nSPS) is 39.9. The highest BCUT2D eigenvalue weighted by atomic mass is 16.5. The van der Waals surface area contributed by atoms with Crippen molar-refractivity contribution in [3.63, 3.8) is 0 Å². The van der Waals surface area contributed by atoms with Crippen molar-refractivity contribution >= 4 is 17.7 Å². The van der Waals surface area contributed by atoms with Gasteiger partial charge in [-0.3, -0.25) is 14.5 Å². The summed E-state index contributed by atoms with van der Waals surface area (Å²) >= 11 is 0. The lowest BCUT2D eigenvalue weighted by Crippen LogP contribution is -2.53. The number of Topliss-reactive ketones (excluding diaryl/α,β-unsaturated/α-hetero) is 2. The molecule has 24 heavy (non-hydrogen) atoms. The first-order valence-corrected chi connectivity index (χ1v) is 7.65. The highest BCUT2D eigenvalue weighted by Crippen LogP contribution is 2.57. The van der Waals surface area contributed by atoms with Crippen molar-refractivity contribution in [1.82, 2.24) is 9.80 Å². The van der Waals surface area contributed by atoms with Crippen LogP contribution >= 0.6 is 0 Å². The van der Waals surface area contributed by atoms with Gasteiger partial charge in [0.05, 0.1) is 23.4 Å². The van der Waals surface area contributed by atoms with Gasteiger partial charge in [0.2, 0.25) is 11.6 Å². The van der Waals surface area contributed by atoms with Crippen LogP contribution in [-0.2, 0) is 14.3 Å². The molecular formula is C15H18N4O5. The number of fused-ring (bicyclic) bond motifs is 4. The Labute approximate surface area is 137 Å². The summed E-state index contributed by atoms with van der Waals surface area (Å²) in [5.41, 5.74) is 9.66. The number of nitrogens with zero attached hydrogens (tertiary/aromatic N) is 2. The molecule has 0 aromatic heterocycles. The number of rotatable bonds is 2. The lowest BCUT2D eigenvalue weighted by atomic mass is 9.83. The molecule has 1 amide bonds. The van der Waals surface area contributed by atoms with Gasteiger partial charge < -0.3 is 26.2 Å². The third-order valence-corrected chi connectivity index (χ3v) is 5.70. The fourth-order valence-corrected chi connectivity index (χ4v) is 4.39. The number of piperazine rings is 1. The predicted octanol–water partition coefficient (Wildman–Crippen LogP) is -1.96. The fourth-order valence-electron chi connectivity index (χ4n) is 4.39. The number of hydrogen-bond acceptors (Lipinski definition) is 8. The van der Waals surface area contributed by atoms with Crippen LogP contribution in [0.15, 0.2) is 22.5 Å². The lowest BCUT2D eigenvalue weighted by Gasteiger charge is -2.37. The number of ether oxygens (including phenoxy) is 1. The Kier molecular flexibility index (Phi) is 2.76. The van der Waals surface area contributed by atoms with Crippen LogP contribution in [-0.4, -0.2) is 70.6 Å². The molecule has 0 saturated carbocycles. The van der Waals surface area contributed by atoms with Crippen molar-refractivity contribution in [3.05, 3.63) is 22.5 Å². The highest BCUT2D eigenvalue weighted by molar-refractivity contribution is 6.25. The zero-order valence-corrected chi connectivity index (χ0v) is 13.3. The number of hydrogen-bond donors (Lipinski definition) is 3. The number of primary amides is 1. The maximum Gasteiger partial charge on any atom is 0.404 e. The van der Waals surface area contributed by atoms with Gasteiger partial charge in [0.25, 0.3) is 0 Å². The fraction of sp³-hybridized carbons (Fsp3) is 0.533. The van der Waals surface area contributed by atoms with E-state index < -0.39 is 23.5 Å². The summed E-state index contributed by atoms with van der Waals surface area (Å²) in [6, 6.07) is -0.154. The van der Waals surface area contributed by atoms with Crippen LogP contribution in [0.3, 0.4) is 0 Å². The molecule has 0 radical (unpaired) electrons. The number of ketones is 2. The SMILES string of the molecule is CC1=C(N)C(=O)C2=C(C1=O)N1C[C@@H]3[C@H](N3C)[C@]1(O)[C@@H]2COC(N)=O. The van der Waals surface area contributed by atoms with Gasteiger partial charge in [-0.2, -0.15) is 0 Å². The Hall–Kier alpha value is -2.39. The zero-order chi connectivity index (χ0) is 17.5. The van der Waals surface area contributed by atoms with Crippen molar-refractivity contribution in [3.8, 4) is 0 Å². The first kappa shape index (κ1) is 15.2. The molecule has 9 heteroatoms. The van der Waals surface area contributed by atoms with E-state index in [1.54, 1.807) is 4.90 Å². The second-order valence-corrected chi connectivity index (χ2v) is 6.71. The molecule has 3 aliphatic heterocycles. The van der Waals surface area contributed by atoms with Crippen LogP contribution in [0.25, 0.3) is 0 Å². The van der Waals surface area contributed by atoms with E-state index in [2.05, 4.69) is 0 Å². The van der Waals surface area contributed by atoms with Crippen molar-refractivity contribution in [1.29, 1.82) is 0 Å². The number of aliphatic hydroxyl groups is 1. The third-order valence-electron chi connectivity index (χ3n) is 5.70. The lowest BCUT2D eigenvalue weighted by molar-refractivity contribution is -0.126. The van der Waals surface area contributed by atoms with E-state index in [0.717, 1.165) is 0 Å². The van der Waals surface area contributed by atoms with Crippen LogP contribution in [0.2, 0.25) is 0 Å². The van der Waals surface area contributed by atoms with E-state index in [1.165, 1.54) is 6.92 Å². The number of allylic oxidation sites excluding steroid dienone is 2. The van der Waals surface area contributed by atoms with Crippen LogP contribution in [0.4, 0.5) is 4.79 Å². The summed E-state index contributed by atoms with van der Waals surface area (Å²) < 4.78 is 4.88. The Bertz CT molecular complexity index is 772. The molecule has 1 unspecified atom stereocenters. The van der Waals surface area contributed by atoms with Crippen molar-refractivity contribution in [2.45, 2.75) is 24.7 Å². The minimum Gasteiger partial charge on any atom is -0.449 e. The number of amides is 1. The third kappa shape index (κ3) is 1.53. The van der Waals surface area contributed by atoms with Gasteiger partial charge in [0, 0.05) is 23.7 Å². The molecule has 0 aromatic carbocycles. The predicted molar refractivity (Wildman–Crippen MR) is 79.9 cm³/mol. The first-order chi connectivity index (χ1) is 11.2. The van der Waals surface area contributed by atoms with Crippen LogP contribution in [0.5, 0.6) is 0 Å². The van der Waals surface area contributed by atoms with E-state index in [4.69, 9.17) is 16.2 Å². The molecule has 4 aliphatic rings. The summed E-state index contributed by atoms with van der Waals surface area (Å²) in [6.07, 6.45) is -1.01. The van der Waals surface area contributed by atoms with E-state index in [1.807, 2.05) is 11.9 Å². The van der Waals surface area contributed by atoms with E-state index in [0.29, 0.717) is 6.54 Å². The van der Waals surface area contributed by atoms with Gasteiger partial charge in [-0.15, -0.1) is 0 Å². The molecule has 9 nitrogen and oxygen atoms in total. The molecule has 2 saturated heterocycles. The Morgan fingerprint density at radius 3 is 2.71 bits per heavy atom. The first-order valence-electron chi connectivity index (χ1n) is 7.65. The molecule has 128 valence electrons. The minimum atomic E-state index is -1.49. The number of carbonyl (C=O) groups is 3. The van der Waals surface area contributed by atoms with Gasteiger partial charge in [0.15, 0.2) is 5.72 Å². The smallest absolute Gasteiger partial charge is 0.404 e. The summed E-state index contributed by atoms with van der Waals surface area (Å²) in [5, 5.41) is 11.4. The van der Waals surface area contributed by atoms with Crippen LogP contribution < -0.4 is 11.5 Å². The van der Waals surface area contributed by atoms with Gasteiger partial charge >= 0.3 is 6.09 Å². The minimum absolute atomic E-state index is 0.0894. The van der Waals surface area contributed by atoms with E-state index >= 15 is 0 Å². The molecule has 4 rings (SSSR count). The number of nitrogens with two attached hydrogens (primary N) is 2. The maximum absolute atomic E-state index is 12.7. The summed E-state index contributed by atoms with van der Waals surface area (Å²) in [6.45, 7) is 1.63. The largest absolute Gasteiger partial charge is 0.449 e. The number of likely N-dealkylation sites (N-methyl/N-ethyl adjacent to an activating group) is 1. The maximum atomic E-state index is 12.7. The standard InChI is InChI=1S/C15H18N4O5/c1-5-9(16)12(21)8-6(4-24-14(17)22)15(23)13-7(18(13)2)3-19(15)10(8)11(5)20/h6-7,13,23H,3-4,16H2,1-2H3,(H2,17,22)/t6-,7-,13+,15-,18?/m1/s1.